The third-order valence-electron chi connectivity index (χ3n) is 6.17. The number of nitrogens with two attached hydrogens (primary N) is 2. The van der Waals surface area contributed by atoms with E-state index in [1.807, 2.05) is 17.9 Å². The zero-order chi connectivity index (χ0) is 23.7. The monoisotopic (exact) mass is 454 g/mol. The van der Waals surface area contributed by atoms with E-state index in [-0.39, 0.29) is 29.5 Å². The van der Waals surface area contributed by atoms with Gasteiger partial charge in [0.15, 0.2) is 5.82 Å². The second-order valence-corrected chi connectivity index (χ2v) is 8.23. The normalized spacial score (nSPS) is 16.9. The van der Waals surface area contributed by atoms with Gasteiger partial charge in [-0.25, -0.2) is 4.39 Å². The van der Waals surface area contributed by atoms with Gasteiger partial charge >= 0.3 is 0 Å². The van der Waals surface area contributed by atoms with Crippen LogP contribution < -0.4 is 21.9 Å². The molecule has 2 aromatic heterocycles. The zero-order valence-electron chi connectivity index (χ0n) is 18.3. The average molecular weight is 455 g/mol. The predicted molar refractivity (Wildman–Crippen MR) is 125 cm³/mol. The SMILES string of the molecule is CCc1cc2ncc(CN3CCN(c4ccc(C(N)=O)c(F)c4N)C[C@H]3CO)cc2[nH]c1=O. The van der Waals surface area contributed by atoms with Crippen LogP contribution in [0, 0.1) is 5.82 Å². The number of benzene rings is 1. The fraction of sp³-hybridized carbons (Fsp3) is 0.348. The molecule has 174 valence electrons. The molecule has 9 nitrogen and oxygen atoms in total. The quantitative estimate of drug-likeness (QED) is 0.407. The topological polar surface area (TPSA) is 142 Å². The van der Waals surface area contributed by atoms with Crippen LogP contribution in [-0.2, 0) is 13.0 Å². The predicted octanol–water partition coefficient (Wildman–Crippen LogP) is 0.989. The first-order valence-corrected chi connectivity index (χ1v) is 10.8. The van der Waals surface area contributed by atoms with Crippen molar-refractivity contribution in [2.75, 3.05) is 36.9 Å². The van der Waals surface area contributed by atoms with E-state index in [9.17, 15) is 19.1 Å². The summed E-state index contributed by atoms with van der Waals surface area (Å²) >= 11 is 0. The Hall–Kier alpha value is -3.50. The summed E-state index contributed by atoms with van der Waals surface area (Å²) in [6, 6.07) is 6.39. The van der Waals surface area contributed by atoms with Crippen LogP contribution in [0.15, 0.2) is 35.3 Å². The summed E-state index contributed by atoms with van der Waals surface area (Å²) in [5, 5.41) is 10.0. The van der Waals surface area contributed by atoms with E-state index in [0.717, 1.165) is 11.1 Å². The number of amides is 1. The maximum absolute atomic E-state index is 14.5. The minimum atomic E-state index is -0.875. The number of H-pyrrole nitrogens is 1. The lowest BCUT2D eigenvalue weighted by molar-refractivity contribution is 0.0996. The minimum absolute atomic E-state index is 0.101. The van der Waals surface area contributed by atoms with E-state index in [2.05, 4.69) is 14.9 Å². The number of piperazine rings is 1. The van der Waals surface area contributed by atoms with Gasteiger partial charge in [0.1, 0.15) is 0 Å². The van der Waals surface area contributed by atoms with E-state index in [1.165, 1.54) is 6.07 Å². The largest absolute Gasteiger partial charge is 0.395 e. The molecular weight excluding hydrogens is 427 g/mol. The summed E-state index contributed by atoms with van der Waals surface area (Å²) < 4.78 is 14.5. The Morgan fingerprint density at radius 3 is 2.82 bits per heavy atom. The number of rotatable bonds is 6. The van der Waals surface area contributed by atoms with Crippen LogP contribution in [0.5, 0.6) is 0 Å². The first-order valence-electron chi connectivity index (χ1n) is 10.8. The molecule has 0 saturated carbocycles. The number of nitrogens with zero attached hydrogens (tertiary/aromatic N) is 3. The molecule has 0 bridgehead atoms. The Labute approximate surface area is 189 Å². The fourth-order valence-corrected chi connectivity index (χ4v) is 4.29. The molecule has 1 saturated heterocycles. The van der Waals surface area contributed by atoms with Crippen molar-refractivity contribution in [2.24, 2.45) is 5.73 Å². The number of anilines is 2. The maximum Gasteiger partial charge on any atom is 0.251 e. The lowest BCUT2D eigenvalue weighted by Gasteiger charge is -2.42. The van der Waals surface area contributed by atoms with E-state index in [1.54, 1.807) is 18.3 Å². The number of pyridine rings is 2. The Morgan fingerprint density at radius 2 is 2.12 bits per heavy atom. The number of aliphatic hydroxyl groups is 1. The molecule has 1 atom stereocenters. The number of aromatic amines is 1. The van der Waals surface area contributed by atoms with Crippen molar-refractivity contribution in [3.05, 3.63) is 63.3 Å². The number of nitrogens with one attached hydrogen (secondary N) is 1. The summed E-state index contributed by atoms with van der Waals surface area (Å²) in [7, 11) is 0. The van der Waals surface area contributed by atoms with Gasteiger partial charge in [-0.15, -0.1) is 0 Å². The van der Waals surface area contributed by atoms with Crippen molar-refractivity contribution in [2.45, 2.75) is 25.9 Å². The number of hydrogen-bond donors (Lipinski definition) is 4. The smallest absolute Gasteiger partial charge is 0.251 e. The molecule has 0 unspecified atom stereocenters. The van der Waals surface area contributed by atoms with Crippen LogP contribution in [0.4, 0.5) is 15.8 Å². The van der Waals surface area contributed by atoms with Crippen LogP contribution in [-0.4, -0.2) is 58.2 Å². The van der Waals surface area contributed by atoms with Gasteiger partial charge in [-0.05, 0) is 36.2 Å². The van der Waals surface area contributed by atoms with Gasteiger partial charge in [-0.2, -0.15) is 0 Å². The first kappa shape index (κ1) is 22.7. The molecule has 0 radical (unpaired) electrons. The van der Waals surface area contributed by atoms with Crippen LogP contribution in [0.25, 0.3) is 11.0 Å². The summed E-state index contributed by atoms with van der Waals surface area (Å²) in [4.78, 5) is 34.9. The number of aryl methyl sites for hydroxylation is 1. The van der Waals surface area contributed by atoms with Crippen molar-refractivity contribution < 1.29 is 14.3 Å². The van der Waals surface area contributed by atoms with Gasteiger partial charge in [-0.1, -0.05) is 6.92 Å². The van der Waals surface area contributed by atoms with Gasteiger partial charge in [-0.3, -0.25) is 19.5 Å². The third-order valence-corrected chi connectivity index (χ3v) is 6.17. The molecule has 1 aliphatic rings. The van der Waals surface area contributed by atoms with Crippen molar-refractivity contribution in [3.8, 4) is 0 Å². The molecule has 1 amide bonds. The second kappa shape index (κ2) is 9.16. The molecule has 4 rings (SSSR count). The van der Waals surface area contributed by atoms with Crippen LogP contribution in [0.2, 0.25) is 0 Å². The second-order valence-electron chi connectivity index (χ2n) is 8.23. The van der Waals surface area contributed by atoms with E-state index >= 15 is 0 Å². The third kappa shape index (κ3) is 4.39. The molecule has 1 aliphatic heterocycles. The van der Waals surface area contributed by atoms with Gasteiger partial charge in [0.05, 0.1) is 40.6 Å². The van der Waals surface area contributed by atoms with E-state index in [0.29, 0.717) is 49.4 Å². The zero-order valence-corrected chi connectivity index (χ0v) is 18.3. The number of fused-ring (bicyclic) bond motifs is 1. The maximum atomic E-state index is 14.5. The van der Waals surface area contributed by atoms with Crippen molar-refractivity contribution in [1.82, 2.24) is 14.9 Å². The van der Waals surface area contributed by atoms with E-state index in [4.69, 9.17) is 11.5 Å². The van der Waals surface area contributed by atoms with Crippen molar-refractivity contribution in [3.63, 3.8) is 0 Å². The molecule has 3 heterocycles. The molecule has 0 spiro atoms. The lowest BCUT2D eigenvalue weighted by atomic mass is 10.1. The van der Waals surface area contributed by atoms with Gasteiger partial charge in [0.25, 0.3) is 11.5 Å². The van der Waals surface area contributed by atoms with E-state index < -0.39 is 11.7 Å². The first-order chi connectivity index (χ1) is 15.8. The average Bonchev–Trinajstić information content (AvgIpc) is 2.80. The lowest BCUT2D eigenvalue weighted by Crippen LogP contribution is -2.54. The van der Waals surface area contributed by atoms with Crippen LogP contribution in [0.3, 0.4) is 0 Å². The molecule has 33 heavy (non-hydrogen) atoms. The number of aromatic nitrogens is 2. The van der Waals surface area contributed by atoms with Crippen LogP contribution >= 0.6 is 0 Å². The Balaban J connectivity index is 1.52. The molecule has 10 heteroatoms. The number of halogens is 1. The molecule has 1 aromatic carbocycles. The number of carbonyl (C=O) groups excluding carboxylic acids is 1. The standard InChI is InChI=1S/C23H27FN6O3/c1-2-14-8-17-18(28-23(14)33)7-13(9-27-17)10-29-5-6-30(11-15(29)12-31)19-4-3-16(22(26)32)20(24)21(19)25/h3-4,7-9,15,31H,2,5-6,10-12,25H2,1H3,(H2,26,32)(H,28,33)/t15-/m0/s1. The summed E-state index contributed by atoms with van der Waals surface area (Å²) in [6.07, 6.45) is 2.41. The van der Waals surface area contributed by atoms with Gasteiger partial charge in [0, 0.05) is 37.9 Å². The molecule has 1 fully saturated rings. The molecule has 0 aliphatic carbocycles. The highest BCUT2D eigenvalue weighted by Gasteiger charge is 2.29. The fourth-order valence-electron chi connectivity index (χ4n) is 4.29. The Kier molecular flexibility index (Phi) is 6.30. The number of aliphatic hydroxyl groups excluding tert-OH is 1. The highest BCUT2D eigenvalue weighted by molar-refractivity contribution is 5.95. The summed E-state index contributed by atoms with van der Waals surface area (Å²) in [6.45, 7) is 3.92. The highest BCUT2D eigenvalue weighted by Crippen LogP contribution is 2.30. The van der Waals surface area contributed by atoms with Gasteiger partial charge in [0.2, 0.25) is 0 Å². The van der Waals surface area contributed by atoms with Crippen molar-refractivity contribution >= 4 is 28.3 Å². The Morgan fingerprint density at radius 1 is 1.33 bits per heavy atom. The molecule has 3 aromatic rings. The summed E-state index contributed by atoms with van der Waals surface area (Å²) in [5.41, 5.74) is 14.1. The highest BCUT2D eigenvalue weighted by atomic mass is 19.1. The molecular formula is C23H27FN6O3. The number of nitrogen functional groups attached to an aromatic ring is 1. The molecule has 6 N–H and O–H groups in total. The Bertz CT molecular complexity index is 1260. The summed E-state index contributed by atoms with van der Waals surface area (Å²) in [5.74, 6) is -1.70. The van der Waals surface area contributed by atoms with Crippen molar-refractivity contribution in [1.29, 1.82) is 0 Å². The van der Waals surface area contributed by atoms with Crippen LogP contribution in [0.1, 0.15) is 28.4 Å². The number of primary amides is 1. The number of carbonyl (C=O) groups is 1. The van der Waals surface area contributed by atoms with Gasteiger partial charge < -0.3 is 26.5 Å². The minimum Gasteiger partial charge on any atom is -0.395 e. The number of hydrogen-bond acceptors (Lipinski definition) is 7.